The van der Waals surface area contributed by atoms with Crippen LogP contribution in [0.5, 0.6) is 0 Å². The lowest BCUT2D eigenvalue weighted by Crippen LogP contribution is -2.28. The minimum atomic E-state index is -0.422. The summed E-state index contributed by atoms with van der Waals surface area (Å²) in [6, 6.07) is 14.1. The highest BCUT2D eigenvalue weighted by molar-refractivity contribution is 6.02. The number of hydrogen-bond donors (Lipinski definition) is 2. The number of nitrogens with one attached hydrogen (secondary N) is 2. The van der Waals surface area contributed by atoms with Crippen LogP contribution in [-0.2, 0) is 11.3 Å². The number of hydrogen-bond acceptors (Lipinski definition) is 5. The maximum absolute atomic E-state index is 12.7. The van der Waals surface area contributed by atoms with Crippen molar-refractivity contribution in [1.29, 1.82) is 0 Å². The third-order valence-electron chi connectivity index (χ3n) is 4.96. The van der Waals surface area contributed by atoms with Crippen LogP contribution in [0.3, 0.4) is 0 Å². The average Bonchev–Trinajstić information content (AvgIpc) is 3.34. The molecule has 1 fully saturated rings. The van der Waals surface area contributed by atoms with E-state index in [9.17, 15) is 14.4 Å². The van der Waals surface area contributed by atoms with Gasteiger partial charge in [-0.1, -0.05) is 18.2 Å². The Balaban J connectivity index is 1.37. The molecule has 1 saturated heterocycles. The number of anilines is 2. The SMILES string of the molecule is O=C(Cn1cnc2c(oc3ccccc32)c1=O)Nc1cccc(N2CCNC2=O)c1. The van der Waals surface area contributed by atoms with Gasteiger partial charge in [-0.3, -0.25) is 19.1 Å². The minimum Gasteiger partial charge on any atom is -0.448 e. The molecule has 30 heavy (non-hydrogen) atoms. The van der Waals surface area contributed by atoms with Gasteiger partial charge in [0.25, 0.3) is 5.56 Å². The first-order valence-electron chi connectivity index (χ1n) is 9.42. The molecule has 0 radical (unpaired) electrons. The molecule has 2 aromatic heterocycles. The third kappa shape index (κ3) is 3.06. The number of amides is 3. The van der Waals surface area contributed by atoms with Crippen LogP contribution in [0.1, 0.15) is 0 Å². The molecule has 0 unspecified atom stereocenters. The van der Waals surface area contributed by atoms with E-state index in [1.54, 1.807) is 35.2 Å². The summed E-state index contributed by atoms with van der Waals surface area (Å²) < 4.78 is 6.84. The van der Waals surface area contributed by atoms with Crippen LogP contribution in [0.25, 0.3) is 22.1 Å². The largest absolute Gasteiger partial charge is 0.448 e. The lowest BCUT2D eigenvalue weighted by Gasteiger charge is -2.15. The predicted molar refractivity (Wildman–Crippen MR) is 112 cm³/mol. The summed E-state index contributed by atoms with van der Waals surface area (Å²) in [7, 11) is 0. The van der Waals surface area contributed by atoms with Gasteiger partial charge in [0.2, 0.25) is 11.5 Å². The van der Waals surface area contributed by atoms with Gasteiger partial charge < -0.3 is 15.1 Å². The van der Waals surface area contributed by atoms with Crippen LogP contribution in [0.2, 0.25) is 0 Å². The number of nitrogens with zero attached hydrogens (tertiary/aromatic N) is 3. The Bertz CT molecular complexity index is 1360. The molecule has 1 aliphatic rings. The second-order valence-electron chi connectivity index (χ2n) is 6.94. The Labute approximate surface area is 169 Å². The number of fused-ring (bicyclic) bond motifs is 3. The quantitative estimate of drug-likeness (QED) is 0.543. The summed E-state index contributed by atoms with van der Waals surface area (Å²) in [5, 5.41) is 6.25. The molecule has 0 aliphatic carbocycles. The molecule has 3 amide bonds. The fourth-order valence-corrected chi connectivity index (χ4v) is 3.55. The van der Waals surface area contributed by atoms with E-state index in [1.165, 1.54) is 10.9 Å². The summed E-state index contributed by atoms with van der Waals surface area (Å²) in [4.78, 5) is 43.0. The van der Waals surface area contributed by atoms with Crippen molar-refractivity contribution < 1.29 is 14.0 Å². The number of para-hydroxylation sites is 1. The van der Waals surface area contributed by atoms with E-state index in [4.69, 9.17) is 4.42 Å². The molecule has 9 heteroatoms. The van der Waals surface area contributed by atoms with Crippen LogP contribution >= 0.6 is 0 Å². The molecular weight excluding hydrogens is 386 g/mol. The number of benzene rings is 2. The van der Waals surface area contributed by atoms with Crippen LogP contribution in [0, 0.1) is 0 Å². The second-order valence-corrected chi connectivity index (χ2v) is 6.94. The van der Waals surface area contributed by atoms with Crippen molar-refractivity contribution in [2.24, 2.45) is 0 Å². The van der Waals surface area contributed by atoms with Gasteiger partial charge >= 0.3 is 6.03 Å². The highest BCUT2D eigenvalue weighted by Crippen LogP contribution is 2.24. The molecule has 0 saturated carbocycles. The maximum Gasteiger partial charge on any atom is 0.321 e. The zero-order valence-electron chi connectivity index (χ0n) is 15.8. The van der Waals surface area contributed by atoms with Gasteiger partial charge in [0, 0.05) is 29.9 Å². The third-order valence-corrected chi connectivity index (χ3v) is 4.96. The number of carbonyl (C=O) groups excluding carboxylic acids is 2. The smallest absolute Gasteiger partial charge is 0.321 e. The van der Waals surface area contributed by atoms with Crippen molar-refractivity contribution in [2.45, 2.75) is 6.54 Å². The molecule has 5 rings (SSSR count). The van der Waals surface area contributed by atoms with E-state index in [1.807, 2.05) is 18.2 Å². The lowest BCUT2D eigenvalue weighted by atomic mass is 10.2. The first-order chi connectivity index (χ1) is 14.6. The molecular formula is C21H17N5O4. The van der Waals surface area contributed by atoms with Gasteiger partial charge in [-0.15, -0.1) is 0 Å². The Morgan fingerprint density at radius 1 is 1.17 bits per heavy atom. The van der Waals surface area contributed by atoms with E-state index in [0.717, 1.165) is 5.39 Å². The van der Waals surface area contributed by atoms with Gasteiger partial charge in [0.15, 0.2) is 0 Å². The monoisotopic (exact) mass is 403 g/mol. The van der Waals surface area contributed by atoms with Crippen molar-refractivity contribution in [2.75, 3.05) is 23.3 Å². The van der Waals surface area contributed by atoms with Crippen LogP contribution < -0.4 is 21.1 Å². The fraction of sp³-hybridized carbons (Fsp3) is 0.143. The van der Waals surface area contributed by atoms with Crippen molar-refractivity contribution in [1.82, 2.24) is 14.9 Å². The van der Waals surface area contributed by atoms with Crippen LogP contribution in [-0.4, -0.2) is 34.6 Å². The van der Waals surface area contributed by atoms with Gasteiger partial charge in [-0.2, -0.15) is 0 Å². The van der Waals surface area contributed by atoms with Gasteiger partial charge in [0.05, 0.1) is 6.33 Å². The zero-order valence-corrected chi connectivity index (χ0v) is 15.8. The fourth-order valence-electron chi connectivity index (χ4n) is 3.55. The molecule has 2 N–H and O–H groups in total. The van der Waals surface area contributed by atoms with Crippen LogP contribution in [0.15, 0.2) is 64.1 Å². The summed E-state index contributed by atoms with van der Waals surface area (Å²) >= 11 is 0. The summed E-state index contributed by atoms with van der Waals surface area (Å²) in [5.74, 6) is -0.391. The highest BCUT2D eigenvalue weighted by atomic mass is 16.3. The Hall–Kier alpha value is -4.14. The van der Waals surface area contributed by atoms with Crippen molar-refractivity contribution in [3.8, 4) is 0 Å². The van der Waals surface area contributed by atoms with Crippen molar-refractivity contribution in [3.05, 3.63) is 65.2 Å². The molecule has 0 bridgehead atoms. The standard InChI is InChI=1S/C21H17N5O4/c27-17(24-13-4-3-5-14(10-13)26-9-8-22-21(26)29)11-25-12-23-18-15-6-1-2-7-16(15)30-19(18)20(25)28/h1-7,10,12H,8-9,11H2,(H,22,29)(H,24,27). The highest BCUT2D eigenvalue weighted by Gasteiger charge is 2.21. The number of aromatic nitrogens is 2. The molecule has 3 heterocycles. The summed E-state index contributed by atoms with van der Waals surface area (Å²) in [6.45, 7) is 0.928. The predicted octanol–water partition coefficient (Wildman–Crippen LogP) is 2.31. The molecule has 0 spiro atoms. The normalized spacial score (nSPS) is 13.7. The second kappa shape index (κ2) is 7.03. The van der Waals surface area contributed by atoms with E-state index >= 15 is 0 Å². The van der Waals surface area contributed by atoms with E-state index in [-0.39, 0.29) is 18.2 Å². The number of furan rings is 1. The first kappa shape index (κ1) is 17.9. The summed E-state index contributed by atoms with van der Waals surface area (Å²) in [6.07, 6.45) is 1.34. The first-order valence-corrected chi connectivity index (χ1v) is 9.42. The van der Waals surface area contributed by atoms with E-state index in [0.29, 0.717) is 35.6 Å². The maximum atomic E-state index is 12.7. The summed E-state index contributed by atoms with van der Waals surface area (Å²) in [5.41, 5.74) is 1.96. The van der Waals surface area contributed by atoms with Gasteiger partial charge in [0.1, 0.15) is 17.6 Å². The molecule has 2 aromatic carbocycles. The molecule has 9 nitrogen and oxygen atoms in total. The van der Waals surface area contributed by atoms with E-state index < -0.39 is 11.5 Å². The number of urea groups is 1. The molecule has 4 aromatic rings. The van der Waals surface area contributed by atoms with Crippen molar-refractivity contribution in [3.63, 3.8) is 0 Å². The van der Waals surface area contributed by atoms with E-state index in [2.05, 4.69) is 15.6 Å². The number of carbonyl (C=O) groups is 2. The topological polar surface area (TPSA) is 109 Å². The molecule has 0 atom stereocenters. The lowest BCUT2D eigenvalue weighted by molar-refractivity contribution is -0.116. The number of rotatable bonds is 4. The van der Waals surface area contributed by atoms with Crippen LogP contribution in [0.4, 0.5) is 16.2 Å². The Kier molecular flexibility index (Phi) is 4.20. The average molecular weight is 403 g/mol. The Morgan fingerprint density at radius 2 is 2.03 bits per heavy atom. The van der Waals surface area contributed by atoms with Gasteiger partial charge in [-0.25, -0.2) is 9.78 Å². The van der Waals surface area contributed by atoms with Crippen molar-refractivity contribution >= 4 is 45.4 Å². The Morgan fingerprint density at radius 3 is 2.87 bits per heavy atom. The zero-order chi connectivity index (χ0) is 20.7. The molecule has 1 aliphatic heterocycles. The molecule has 150 valence electrons. The van der Waals surface area contributed by atoms with Gasteiger partial charge in [-0.05, 0) is 30.3 Å². The minimum absolute atomic E-state index is 0.119.